The summed E-state index contributed by atoms with van der Waals surface area (Å²) in [5.74, 6) is 0.288. The van der Waals surface area contributed by atoms with Gasteiger partial charge in [-0.15, -0.1) is 0 Å². The van der Waals surface area contributed by atoms with Crippen LogP contribution in [-0.2, 0) is 0 Å². The fourth-order valence-electron chi connectivity index (χ4n) is 2.42. The van der Waals surface area contributed by atoms with E-state index in [1.165, 1.54) is 6.07 Å². The molecule has 2 rings (SSSR count). The Balaban J connectivity index is 2.18. The van der Waals surface area contributed by atoms with Crippen molar-refractivity contribution in [3.05, 3.63) is 64.4 Å². The SMILES string of the molecule is COc1cccc(F)c1C(C)N[C@@H](C)c1ccc(Cl)cc1. The van der Waals surface area contributed by atoms with E-state index in [1.807, 2.05) is 38.1 Å². The van der Waals surface area contributed by atoms with Crippen LogP contribution in [0.25, 0.3) is 0 Å². The van der Waals surface area contributed by atoms with Crippen molar-refractivity contribution in [2.24, 2.45) is 0 Å². The summed E-state index contributed by atoms with van der Waals surface area (Å²) in [5.41, 5.74) is 1.64. The molecule has 0 amide bonds. The van der Waals surface area contributed by atoms with Crippen molar-refractivity contribution >= 4 is 11.6 Å². The Morgan fingerprint density at radius 3 is 2.33 bits per heavy atom. The predicted molar refractivity (Wildman–Crippen MR) is 84.4 cm³/mol. The Labute approximate surface area is 129 Å². The highest BCUT2D eigenvalue weighted by Crippen LogP contribution is 2.29. The summed E-state index contributed by atoms with van der Waals surface area (Å²) in [6.45, 7) is 3.96. The summed E-state index contributed by atoms with van der Waals surface area (Å²) in [6, 6.07) is 12.4. The van der Waals surface area contributed by atoms with Crippen LogP contribution in [0.15, 0.2) is 42.5 Å². The van der Waals surface area contributed by atoms with Crippen molar-refractivity contribution in [2.45, 2.75) is 25.9 Å². The number of benzene rings is 2. The molecular formula is C17H19ClFNO. The molecule has 21 heavy (non-hydrogen) atoms. The first-order valence-corrected chi connectivity index (χ1v) is 7.24. The number of rotatable bonds is 5. The van der Waals surface area contributed by atoms with Crippen LogP contribution in [0.4, 0.5) is 4.39 Å². The van der Waals surface area contributed by atoms with Crippen molar-refractivity contribution in [1.29, 1.82) is 0 Å². The number of halogens is 2. The van der Waals surface area contributed by atoms with Crippen LogP contribution in [0.2, 0.25) is 5.02 Å². The number of nitrogens with one attached hydrogen (secondary N) is 1. The summed E-state index contributed by atoms with van der Waals surface area (Å²) in [7, 11) is 1.55. The smallest absolute Gasteiger partial charge is 0.131 e. The fraction of sp³-hybridized carbons (Fsp3) is 0.294. The van der Waals surface area contributed by atoms with Crippen LogP contribution in [0.5, 0.6) is 5.75 Å². The van der Waals surface area contributed by atoms with E-state index in [-0.39, 0.29) is 17.9 Å². The molecule has 0 aliphatic carbocycles. The van der Waals surface area contributed by atoms with Crippen LogP contribution in [0, 0.1) is 5.82 Å². The first-order valence-electron chi connectivity index (χ1n) is 6.87. The Morgan fingerprint density at radius 1 is 1.05 bits per heavy atom. The molecule has 2 nitrogen and oxygen atoms in total. The molecule has 0 saturated heterocycles. The van der Waals surface area contributed by atoms with Crippen LogP contribution >= 0.6 is 11.6 Å². The maximum atomic E-state index is 14.1. The molecule has 0 heterocycles. The zero-order chi connectivity index (χ0) is 15.4. The van der Waals surface area contributed by atoms with E-state index in [1.54, 1.807) is 19.2 Å². The molecule has 1 unspecified atom stereocenters. The van der Waals surface area contributed by atoms with Gasteiger partial charge in [-0.25, -0.2) is 4.39 Å². The molecule has 112 valence electrons. The highest BCUT2D eigenvalue weighted by Gasteiger charge is 2.18. The van der Waals surface area contributed by atoms with E-state index in [0.29, 0.717) is 16.3 Å². The molecule has 1 N–H and O–H groups in total. The zero-order valence-corrected chi connectivity index (χ0v) is 13.1. The maximum absolute atomic E-state index is 14.1. The predicted octanol–water partition coefficient (Wildman–Crippen LogP) is 4.90. The summed E-state index contributed by atoms with van der Waals surface area (Å²) < 4.78 is 19.3. The number of hydrogen-bond acceptors (Lipinski definition) is 2. The van der Waals surface area contributed by atoms with Gasteiger partial charge in [0.1, 0.15) is 11.6 Å². The zero-order valence-electron chi connectivity index (χ0n) is 12.4. The summed E-state index contributed by atoms with van der Waals surface area (Å²) in [6.07, 6.45) is 0. The van der Waals surface area contributed by atoms with Crippen LogP contribution < -0.4 is 10.1 Å². The second kappa shape index (κ2) is 6.92. The lowest BCUT2D eigenvalue weighted by atomic mass is 10.0. The minimum atomic E-state index is -0.266. The quantitative estimate of drug-likeness (QED) is 0.848. The molecule has 0 spiro atoms. The van der Waals surface area contributed by atoms with Gasteiger partial charge >= 0.3 is 0 Å². The van der Waals surface area contributed by atoms with Gasteiger partial charge in [-0.2, -0.15) is 0 Å². The Morgan fingerprint density at radius 2 is 1.71 bits per heavy atom. The van der Waals surface area contributed by atoms with Crippen molar-refractivity contribution in [3.8, 4) is 5.75 Å². The summed E-state index contributed by atoms with van der Waals surface area (Å²) in [4.78, 5) is 0. The average Bonchev–Trinajstić information content (AvgIpc) is 2.47. The lowest BCUT2D eigenvalue weighted by Crippen LogP contribution is -2.23. The molecule has 0 saturated carbocycles. The fourth-order valence-corrected chi connectivity index (χ4v) is 2.55. The largest absolute Gasteiger partial charge is 0.496 e. The third kappa shape index (κ3) is 3.74. The van der Waals surface area contributed by atoms with Gasteiger partial charge in [0, 0.05) is 22.7 Å². The van der Waals surface area contributed by atoms with E-state index < -0.39 is 0 Å². The Kier molecular flexibility index (Phi) is 5.21. The van der Waals surface area contributed by atoms with E-state index in [4.69, 9.17) is 16.3 Å². The normalized spacial score (nSPS) is 13.8. The van der Waals surface area contributed by atoms with Crippen LogP contribution in [0.1, 0.15) is 37.1 Å². The molecule has 0 fully saturated rings. The van der Waals surface area contributed by atoms with Crippen LogP contribution in [-0.4, -0.2) is 7.11 Å². The van der Waals surface area contributed by atoms with Crippen molar-refractivity contribution in [3.63, 3.8) is 0 Å². The second-order valence-electron chi connectivity index (χ2n) is 5.02. The second-order valence-corrected chi connectivity index (χ2v) is 5.45. The Hall–Kier alpha value is -1.58. The monoisotopic (exact) mass is 307 g/mol. The molecule has 2 atom stereocenters. The standard InChI is InChI=1S/C17H19ClFNO/c1-11(13-7-9-14(18)10-8-13)20-12(2)17-15(19)5-4-6-16(17)21-3/h4-12,20H,1-3H3/t11-,12?/m0/s1. The molecule has 2 aromatic carbocycles. The lowest BCUT2D eigenvalue weighted by molar-refractivity contribution is 0.387. The molecule has 0 bridgehead atoms. The van der Waals surface area contributed by atoms with E-state index in [9.17, 15) is 4.39 Å². The van der Waals surface area contributed by atoms with E-state index >= 15 is 0 Å². The number of hydrogen-bond donors (Lipinski definition) is 1. The number of methoxy groups -OCH3 is 1. The van der Waals surface area contributed by atoms with Gasteiger partial charge in [-0.1, -0.05) is 29.8 Å². The van der Waals surface area contributed by atoms with Crippen molar-refractivity contribution in [1.82, 2.24) is 5.32 Å². The molecular weight excluding hydrogens is 289 g/mol. The van der Waals surface area contributed by atoms with E-state index in [0.717, 1.165) is 5.56 Å². The van der Waals surface area contributed by atoms with Crippen molar-refractivity contribution in [2.75, 3.05) is 7.11 Å². The third-order valence-corrected chi connectivity index (χ3v) is 3.79. The molecule has 0 aromatic heterocycles. The number of ether oxygens (including phenoxy) is 1. The van der Waals surface area contributed by atoms with Gasteiger partial charge in [0.05, 0.1) is 7.11 Å². The topological polar surface area (TPSA) is 21.3 Å². The van der Waals surface area contributed by atoms with Gasteiger partial charge in [-0.05, 0) is 43.7 Å². The Bertz CT molecular complexity index is 600. The molecule has 2 aromatic rings. The third-order valence-electron chi connectivity index (χ3n) is 3.54. The minimum Gasteiger partial charge on any atom is -0.496 e. The average molecular weight is 308 g/mol. The summed E-state index contributed by atoms with van der Waals surface area (Å²) in [5, 5.41) is 4.09. The maximum Gasteiger partial charge on any atom is 0.131 e. The molecule has 0 radical (unpaired) electrons. The lowest BCUT2D eigenvalue weighted by Gasteiger charge is -2.22. The van der Waals surface area contributed by atoms with Gasteiger partial charge in [0.15, 0.2) is 0 Å². The highest BCUT2D eigenvalue weighted by molar-refractivity contribution is 6.30. The van der Waals surface area contributed by atoms with Gasteiger partial charge in [0.25, 0.3) is 0 Å². The highest BCUT2D eigenvalue weighted by atomic mass is 35.5. The van der Waals surface area contributed by atoms with E-state index in [2.05, 4.69) is 5.32 Å². The first kappa shape index (κ1) is 15.8. The van der Waals surface area contributed by atoms with Crippen molar-refractivity contribution < 1.29 is 9.13 Å². The molecule has 0 aliphatic heterocycles. The molecule has 4 heteroatoms. The van der Waals surface area contributed by atoms with Crippen LogP contribution in [0.3, 0.4) is 0 Å². The molecule has 0 aliphatic rings. The summed E-state index contributed by atoms with van der Waals surface area (Å²) >= 11 is 5.89. The minimum absolute atomic E-state index is 0.0709. The van der Waals surface area contributed by atoms with Gasteiger partial charge < -0.3 is 10.1 Å². The first-order chi connectivity index (χ1) is 10.0. The van der Waals surface area contributed by atoms with Gasteiger partial charge in [-0.3, -0.25) is 0 Å². The van der Waals surface area contributed by atoms with Gasteiger partial charge in [0.2, 0.25) is 0 Å².